The van der Waals surface area contributed by atoms with Crippen molar-refractivity contribution in [1.29, 1.82) is 0 Å². The van der Waals surface area contributed by atoms with Gasteiger partial charge in [-0.2, -0.15) is 0 Å². The molecule has 1 atom stereocenters. The number of pyridine rings is 1. The van der Waals surface area contributed by atoms with Crippen molar-refractivity contribution >= 4 is 11.9 Å². The van der Waals surface area contributed by atoms with Crippen molar-refractivity contribution in [2.24, 2.45) is 0 Å². The molecule has 0 aliphatic carbocycles. The molecule has 1 fully saturated rings. The molecule has 8 nitrogen and oxygen atoms in total. The Hall–Kier alpha value is -3.29. The molecule has 1 aliphatic heterocycles. The zero-order valence-corrected chi connectivity index (χ0v) is 19.4. The molecule has 3 aromatic rings. The fraction of sp³-hybridized carbons (Fsp3) is 0.458. The van der Waals surface area contributed by atoms with Crippen LogP contribution in [0.25, 0.3) is 11.1 Å². The summed E-state index contributed by atoms with van der Waals surface area (Å²) in [6.45, 7) is 6.50. The van der Waals surface area contributed by atoms with Gasteiger partial charge in [-0.05, 0) is 56.7 Å². The van der Waals surface area contributed by atoms with Crippen molar-refractivity contribution in [3.8, 4) is 11.1 Å². The molecule has 1 aliphatic rings. The van der Waals surface area contributed by atoms with E-state index < -0.39 is 0 Å². The normalized spacial score (nSPS) is 16.3. The number of rotatable bonds is 5. The Morgan fingerprint density at radius 1 is 1.22 bits per heavy atom. The van der Waals surface area contributed by atoms with Crippen molar-refractivity contribution < 1.29 is 9.32 Å². The summed E-state index contributed by atoms with van der Waals surface area (Å²) in [6, 6.07) is 1.83. The predicted octanol–water partition coefficient (Wildman–Crippen LogP) is 4.14. The molecule has 8 heteroatoms. The molecule has 0 saturated carbocycles. The lowest BCUT2D eigenvalue weighted by Crippen LogP contribution is -2.39. The lowest BCUT2D eigenvalue weighted by atomic mass is 9.92. The van der Waals surface area contributed by atoms with Gasteiger partial charge < -0.3 is 14.3 Å². The van der Waals surface area contributed by atoms with Gasteiger partial charge in [0, 0.05) is 44.8 Å². The van der Waals surface area contributed by atoms with E-state index in [0.717, 1.165) is 41.6 Å². The first kappa shape index (κ1) is 21.9. The summed E-state index contributed by atoms with van der Waals surface area (Å²) in [5.74, 6) is 1.16. The number of piperidine rings is 1. The van der Waals surface area contributed by atoms with Crippen LogP contribution in [0.3, 0.4) is 0 Å². The molecule has 0 aromatic carbocycles. The molecule has 4 heterocycles. The Balaban J connectivity index is 1.84. The number of hydrogen-bond acceptors (Lipinski definition) is 7. The van der Waals surface area contributed by atoms with E-state index in [2.05, 4.69) is 15.1 Å². The first-order chi connectivity index (χ1) is 15.4. The summed E-state index contributed by atoms with van der Waals surface area (Å²) in [4.78, 5) is 31.3. The number of nitrogens with zero attached hydrogens (tertiary/aromatic N) is 6. The summed E-state index contributed by atoms with van der Waals surface area (Å²) in [5, 5.41) is 4.10. The third-order valence-corrected chi connectivity index (χ3v) is 6.08. The van der Waals surface area contributed by atoms with Gasteiger partial charge in [0.2, 0.25) is 5.95 Å². The van der Waals surface area contributed by atoms with Gasteiger partial charge in [-0.1, -0.05) is 12.1 Å². The van der Waals surface area contributed by atoms with Gasteiger partial charge in [-0.3, -0.25) is 9.78 Å². The van der Waals surface area contributed by atoms with Crippen LogP contribution < -0.4 is 4.90 Å². The topological polar surface area (TPSA) is 88.3 Å². The molecule has 1 saturated heterocycles. The van der Waals surface area contributed by atoms with Crippen LogP contribution in [0.5, 0.6) is 0 Å². The standard InChI is InChI=1S/C24H30N6O2/c1-6-19-21(16(3)32-28-19)23(31)30-12-8-7-9-20(30)22-18(14-26-24(27-22)29(4)5)17-10-11-25-13-15(17)2/h10-11,13-14,20H,6-9,12H2,1-5H3. The average Bonchev–Trinajstić information content (AvgIpc) is 3.19. The minimum Gasteiger partial charge on any atom is -0.361 e. The van der Waals surface area contributed by atoms with Gasteiger partial charge in [-0.25, -0.2) is 9.97 Å². The molecule has 3 aromatic heterocycles. The van der Waals surface area contributed by atoms with E-state index in [4.69, 9.17) is 9.51 Å². The average molecular weight is 435 g/mol. The first-order valence-corrected chi connectivity index (χ1v) is 11.1. The van der Waals surface area contributed by atoms with Gasteiger partial charge in [0.05, 0.1) is 17.4 Å². The number of amides is 1. The molecular formula is C24H30N6O2. The number of carbonyl (C=O) groups is 1. The van der Waals surface area contributed by atoms with E-state index in [1.807, 2.05) is 56.2 Å². The zero-order chi connectivity index (χ0) is 22.8. The fourth-order valence-electron chi connectivity index (χ4n) is 4.37. The Morgan fingerprint density at radius 3 is 2.75 bits per heavy atom. The maximum Gasteiger partial charge on any atom is 0.259 e. The SMILES string of the molecule is CCc1noc(C)c1C(=O)N1CCCCC1c1nc(N(C)C)ncc1-c1ccncc1C. The maximum atomic E-state index is 13.7. The van der Waals surface area contributed by atoms with Gasteiger partial charge in [-0.15, -0.1) is 0 Å². The summed E-state index contributed by atoms with van der Waals surface area (Å²) in [7, 11) is 3.85. The van der Waals surface area contributed by atoms with E-state index in [0.29, 0.717) is 35.9 Å². The van der Waals surface area contributed by atoms with Crippen LogP contribution in [-0.2, 0) is 6.42 Å². The molecule has 32 heavy (non-hydrogen) atoms. The van der Waals surface area contributed by atoms with E-state index >= 15 is 0 Å². The Kier molecular flexibility index (Phi) is 6.21. The Labute approximate surface area is 188 Å². The highest BCUT2D eigenvalue weighted by molar-refractivity contribution is 5.96. The number of likely N-dealkylation sites (tertiary alicyclic amines) is 1. The van der Waals surface area contributed by atoms with Crippen LogP contribution in [0.4, 0.5) is 5.95 Å². The second-order valence-corrected chi connectivity index (χ2v) is 8.48. The van der Waals surface area contributed by atoms with Gasteiger partial charge in [0.1, 0.15) is 11.3 Å². The maximum absolute atomic E-state index is 13.7. The van der Waals surface area contributed by atoms with Gasteiger partial charge in [0.25, 0.3) is 5.91 Å². The molecule has 0 N–H and O–H groups in total. The second kappa shape index (κ2) is 9.06. The van der Waals surface area contributed by atoms with E-state index in [-0.39, 0.29) is 11.9 Å². The largest absolute Gasteiger partial charge is 0.361 e. The number of anilines is 1. The van der Waals surface area contributed by atoms with Gasteiger partial charge >= 0.3 is 0 Å². The highest BCUT2D eigenvalue weighted by Gasteiger charge is 2.35. The molecule has 1 amide bonds. The predicted molar refractivity (Wildman–Crippen MR) is 123 cm³/mol. The van der Waals surface area contributed by atoms with Crippen LogP contribution in [0.1, 0.15) is 65.3 Å². The number of hydrogen-bond donors (Lipinski definition) is 0. The highest BCUT2D eigenvalue weighted by Crippen LogP contribution is 2.38. The monoisotopic (exact) mass is 434 g/mol. The quantitative estimate of drug-likeness (QED) is 0.596. The highest BCUT2D eigenvalue weighted by atomic mass is 16.5. The van der Waals surface area contributed by atoms with Crippen LogP contribution in [-0.4, -0.2) is 51.6 Å². The molecular weight excluding hydrogens is 404 g/mol. The summed E-state index contributed by atoms with van der Waals surface area (Å²) in [6.07, 6.45) is 8.99. The zero-order valence-electron chi connectivity index (χ0n) is 19.4. The summed E-state index contributed by atoms with van der Waals surface area (Å²) < 4.78 is 5.36. The third kappa shape index (κ3) is 3.97. The summed E-state index contributed by atoms with van der Waals surface area (Å²) >= 11 is 0. The smallest absolute Gasteiger partial charge is 0.259 e. The number of carbonyl (C=O) groups excluding carboxylic acids is 1. The lowest BCUT2D eigenvalue weighted by Gasteiger charge is -2.36. The van der Waals surface area contributed by atoms with Crippen LogP contribution in [0.2, 0.25) is 0 Å². The summed E-state index contributed by atoms with van der Waals surface area (Å²) in [5.41, 5.74) is 5.19. The number of aromatic nitrogens is 4. The number of aryl methyl sites for hydroxylation is 3. The van der Waals surface area contributed by atoms with Gasteiger partial charge in [0.15, 0.2) is 0 Å². The molecule has 1 unspecified atom stereocenters. The Bertz CT molecular complexity index is 1120. The Morgan fingerprint density at radius 2 is 2.03 bits per heavy atom. The van der Waals surface area contributed by atoms with Crippen molar-refractivity contribution in [3.05, 3.63) is 52.9 Å². The fourth-order valence-corrected chi connectivity index (χ4v) is 4.37. The molecule has 4 rings (SSSR count). The molecule has 0 spiro atoms. The minimum atomic E-state index is -0.153. The molecule has 0 bridgehead atoms. The van der Waals surface area contributed by atoms with E-state index in [9.17, 15) is 4.79 Å². The minimum absolute atomic E-state index is 0.0345. The second-order valence-electron chi connectivity index (χ2n) is 8.48. The van der Waals surface area contributed by atoms with Crippen molar-refractivity contribution in [2.75, 3.05) is 25.5 Å². The first-order valence-electron chi connectivity index (χ1n) is 11.1. The van der Waals surface area contributed by atoms with Crippen molar-refractivity contribution in [1.82, 2.24) is 25.0 Å². The van der Waals surface area contributed by atoms with E-state index in [1.165, 1.54) is 0 Å². The lowest BCUT2D eigenvalue weighted by molar-refractivity contribution is 0.0604. The van der Waals surface area contributed by atoms with Crippen molar-refractivity contribution in [2.45, 2.75) is 52.5 Å². The molecule has 168 valence electrons. The van der Waals surface area contributed by atoms with Crippen LogP contribution in [0, 0.1) is 13.8 Å². The van der Waals surface area contributed by atoms with Crippen LogP contribution in [0.15, 0.2) is 29.2 Å². The third-order valence-electron chi connectivity index (χ3n) is 6.08. The van der Waals surface area contributed by atoms with Crippen LogP contribution >= 0.6 is 0 Å². The van der Waals surface area contributed by atoms with E-state index in [1.54, 1.807) is 13.1 Å². The van der Waals surface area contributed by atoms with Crippen molar-refractivity contribution in [3.63, 3.8) is 0 Å². The molecule has 0 radical (unpaired) electrons.